The summed E-state index contributed by atoms with van der Waals surface area (Å²) in [6, 6.07) is 8.04. The number of nitrogens with zero attached hydrogens (tertiary/aromatic N) is 5. The van der Waals surface area contributed by atoms with Crippen LogP contribution in [-0.4, -0.2) is 36.3 Å². The number of nitrogens with one attached hydrogen (secondary N) is 2. The first-order chi connectivity index (χ1) is 14.3. The van der Waals surface area contributed by atoms with E-state index < -0.39 is 22.8 Å². The van der Waals surface area contributed by atoms with Gasteiger partial charge in [0.05, 0.1) is 10.6 Å². The van der Waals surface area contributed by atoms with Gasteiger partial charge in [-0.15, -0.1) is 0 Å². The molecule has 0 radical (unpaired) electrons. The van der Waals surface area contributed by atoms with Crippen molar-refractivity contribution in [2.24, 2.45) is 0 Å². The first-order valence-corrected chi connectivity index (χ1v) is 9.25. The van der Waals surface area contributed by atoms with E-state index in [2.05, 4.69) is 20.8 Å². The first kappa shape index (κ1) is 20.7. The number of aryl methyl sites for hydroxylation is 2. The van der Waals surface area contributed by atoms with Gasteiger partial charge >= 0.3 is 5.69 Å². The third-order valence-electron chi connectivity index (χ3n) is 4.45. The van der Waals surface area contributed by atoms with Crippen LogP contribution in [0.25, 0.3) is 0 Å². The SMILES string of the molecule is CCn1cc(NC(=O)C(C)n2cc([N+](=O)[O-])c(C)n2)c(C(=O)Nc2ccccc2)n1. The minimum absolute atomic E-state index is 0.0591. The number of rotatable bonds is 7. The van der Waals surface area contributed by atoms with E-state index >= 15 is 0 Å². The molecule has 0 saturated carbocycles. The minimum Gasteiger partial charge on any atom is -0.321 e. The van der Waals surface area contributed by atoms with Crippen LogP contribution in [-0.2, 0) is 11.3 Å². The molecule has 11 heteroatoms. The predicted octanol–water partition coefficient (Wildman–Crippen LogP) is 2.77. The molecule has 11 nitrogen and oxygen atoms in total. The fraction of sp³-hybridized carbons (Fsp3) is 0.263. The summed E-state index contributed by atoms with van der Waals surface area (Å²) in [5.41, 5.74) is 0.931. The van der Waals surface area contributed by atoms with Gasteiger partial charge < -0.3 is 10.6 Å². The quantitative estimate of drug-likeness (QED) is 0.453. The van der Waals surface area contributed by atoms with Crippen LogP contribution in [0.15, 0.2) is 42.7 Å². The zero-order valence-corrected chi connectivity index (χ0v) is 16.7. The fourth-order valence-corrected chi connectivity index (χ4v) is 2.76. The Bertz CT molecular complexity index is 1090. The lowest BCUT2D eigenvalue weighted by Gasteiger charge is -2.12. The molecule has 2 heterocycles. The minimum atomic E-state index is -0.840. The second-order valence-electron chi connectivity index (χ2n) is 6.57. The molecule has 30 heavy (non-hydrogen) atoms. The van der Waals surface area contributed by atoms with Crippen molar-refractivity contribution < 1.29 is 14.5 Å². The van der Waals surface area contributed by atoms with Crippen LogP contribution < -0.4 is 10.6 Å². The third-order valence-corrected chi connectivity index (χ3v) is 4.45. The maximum Gasteiger partial charge on any atom is 0.309 e. The zero-order valence-electron chi connectivity index (χ0n) is 16.7. The van der Waals surface area contributed by atoms with E-state index in [0.717, 1.165) is 0 Å². The molecule has 1 aromatic carbocycles. The van der Waals surface area contributed by atoms with Crippen molar-refractivity contribution in [3.05, 3.63) is 64.2 Å². The van der Waals surface area contributed by atoms with Crippen molar-refractivity contribution in [2.45, 2.75) is 33.4 Å². The Morgan fingerprint density at radius 2 is 1.87 bits per heavy atom. The molecule has 3 aromatic rings. The molecule has 2 amide bonds. The molecule has 0 aliphatic heterocycles. The van der Waals surface area contributed by atoms with Gasteiger partial charge in [-0.05, 0) is 32.9 Å². The van der Waals surface area contributed by atoms with Gasteiger partial charge in [0.2, 0.25) is 5.91 Å². The highest BCUT2D eigenvalue weighted by molar-refractivity contribution is 6.09. The van der Waals surface area contributed by atoms with Crippen LogP contribution in [0, 0.1) is 17.0 Å². The van der Waals surface area contributed by atoms with E-state index in [4.69, 9.17) is 0 Å². The van der Waals surface area contributed by atoms with Crippen molar-refractivity contribution in [3.63, 3.8) is 0 Å². The number of anilines is 2. The summed E-state index contributed by atoms with van der Waals surface area (Å²) in [6.07, 6.45) is 2.76. The molecule has 1 unspecified atom stereocenters. The molecule has 0 saturated heterocycles. The van der Waals surface area contributed by atoms with Crippen LogP contribution in [0.1, 0.15) is 36.1 Å². The summed E-state index contributed by atoms with van der Waals surface area (Å²) < 4.78 is 2.75. The Morgan fingerprint density at radius 1 is 1.17 bits per heavy atom. The number of para-hydroxylation sites is 1. The van der Waals surface area contributed by atoms with Gasteiger partial charge in [-0.3, -0.25) is 29.1 Å². The van der Waals surface area contributed by atoms with Crippen molar-refractivity contribution in [2.75, 3.05) is 10.6 Å². The van der Waals surface area contributed by atoms with Crippen LogP contribution in [0.4, 0.5) is 17.1 Å². The number of carbonyl (C=O) groups excluding carboxylic acids is 2. The van der Waals surface area contributed by atoms with E-state index in [1.54, 1.807) is 37.4 Å². The highest BCUT2D eigenvalue weighted by Gasteiger charge is 2.25. The molecule has 0 aliphatic rings. The van der Waals surface area contributed by atoms with Crippen LogP contribution in [0.5, 0.6) is 0 Å². The molecule has 0 spiro atoms. The summed E-state index contributed by atoms with van der Waals surface area (Å²) >= 11 is 0. The van der Waals surface area contributed by atoms with Crippen LogP contribution in [0.2, 0.25) is 0 Å². The van der Waals surface area contributed by atoms with E-state index in [1.807, 2.05) is 13.0 Å². The van der Waals surface area contributed by atoms with Crippen LogP contribution in [0.3, 0.4) is 0 Å². The van der Waals surface area contributed by atoms with E-state index in [1.165, 1.54) is 22.5 Å². The maximum atomic E-state index is 12.7. The lowest BCUT2D eigenvalue weighted by atomic mass is 10.2. The number of hydrogen-bond donors (Lipinski definition) is 2. The summed E-state index contributed by atoms with van der Waals surface area (Å²) in [5.74, 6) is -0.960. The lowest BCUT2D eigenvalue weighted by molar-refractivity contribution is -0.385. The molecule has 1 atom stereocenters. The van der Waals surface area contributed by atoms with E-state index in [-0.39, 0.29) is 22.8 Å². The molecule has 0 fully saturated rings. The van der Waals surface area contributed by atoms with Crippen molar-refractivity contribution in [3.8, 4) is 0 Å². The average Bonchev–Trinajstić information content (AvgIpc) is 3.31. The van der Waals surface area contributed by atoms with Gasteiger partial charge in [-0.1, -0.05) is 18.2 Å². The van der Waals surface area contributed by atoms with Crippen molar-refractivity contribution in [1.29, 1.82) is 0 Å². The lowest BCUT2D eigenvalue weighted by Crippen LogP contribution is -2.25. The number of benzene rings is 1. The van der Waals surface area contributed by atoms with Gasteiger partial charge in [0, 0.05) is 18.4 Å². The van der Waals surface area contributed by atoms with Gasteiger partial charge in [-0.2, -0.15) is 10.2 Å². The first-order valence-electron chi connectivity index (χ1n) is 9.25. The molecule has 156 valence electrons. The molecule has 2 aromatic heterocycles. The fourth-order valence-electron chi connectivity index (χ4n) is 2.76. The Kier molecular flexibility index (Phi) is 5.90. The zero-order chi connectivity index (χ0) is 21.8. The van der Waals surface area contributed by atoms with Gasteiger partial charge in [0.25, 0.3) is 5.91 Å². The molecule has 3 rings (SSSR count). The highest BCUT2D eigenvalue weighted by atomic mass is 16.6. The Hall–Kier alpha value is -4.02. The van der Waals surface area contributed by atoms with Crippen molar-refractivity contribution in [1.82, 2.24) is 19.6 Å². The Balaban J connectivity index is 1.81. The summed E-state index contributed by atoms with van der Waals surface area (Å²) in [5, 5.41) is 24.7. The third kappa shape index (κ3) is 4.35. The Labute approximate surface area is 171 Å². The molecule has 2 N–H and O–H groups in total. The standard InChI is InChI=1S/C19H21N7O4/c1-4-24-10-15(17(23-24)19(28)20-14-8-6-5-7-9-14)21-18(27)13(3)25-11-16(26(29)30)12(2)22-25/h5-11,13H,4H2,1-3H3,(H,20,28)(H,21,27). The normalized spacial score (nSPS) is 11.7. The van der Waals surface area contributed by atoms with Gasteiger partial charge in [0.15, 0.2) is 5.69 Å². The maximum absolute atomic E-state index is 12.7. The van der Waals surface area contributed by atoms with E-state index in [0.29, 0.717) is 12.2 Å². The van der Waals surface area contributed by atoms with Gasteiger partial charge in [-0.25, -0.2) is 0 Å². The summed E-state index contributed by atoms with van der Waals surface area (Å²) in [6.45, 7) is 5.41. The average molecular weight is 411 g/mol. The Morgan fingerprint density at radius 3 is 2.47 bits per heavy atom. The topological polar surface area (TPSA) is 137 Å². The van der Waals surface area contributed by atoms with Crippen LogP contribution >= 0.6 is 0 Å². The number of nitro groups is 1. The van der Waals surface area contributed by atoms with E-state index in [9.17, 15) is 19.7 Å². The smallest absolute Gasteiger partial charge is 0.309 e. The largest absolute Gasteiger partial charge is 0.321 e. The molecule has 0 aliphatic carbocycles. The second-order valence-corrected chi connectivity index (χ2v) is 6.57. The molecular weight excluding hydrogens is 390 g/mol. The number of hydrogen-bond acceptors (Lipinski definition) is 6. The number of amides is 2. The van der Waals surface area contributed by atoms with Crippen molar-refractivity contribution >= 4 is 28.9 Å². The number of aromatic nitrogens is 4. The summed E-state index contributed by atoms with van der Waals surface area (Å²) in [4.78, 5) is 35.9. The van der Waals surface area contributed by atoms with Gasteiger partial charge in [0.1, 0.15) is 17.9 Å². The second kappa shape index (κ2) is 8.55. The molecule has 0 bridgehead atoms. The predicted molar refractivity (Wildman–Crippen MR) is 109 cm³/mol. The highest BCUT2D eigenvalue weighted by Crippen LogP contribution is 2.21. The summed E-state index contributed by atoms with van der Waals surface area (Å²) in [7, 11) is 0. The molecular formula is C19H21N7O4. The number of carbonyl (C=O) groups is 2. The monoisotopic (exact) mass is 411 g/mol.